The molecule has 0 amide bonds. The van der Waals surface area contributed by atoms with Crippen LogP contribution in [0.15, 0.2) is 42.5 Å². The maximum Gasteiger partial charge on any atom is 0.157 e. The molecule has 1 fully saturated rings. The van der Waals surface area contributed by atoms with E-state index in [-0.39, 0.29) is 18.7 Å². The summed E-state index contributed by atoms with van der Waals surface area (Å²) in [7, 11) is 0. The number of aliphatic hydroxyl groups is 1. The van der Waals surface area contributed by atoms with Crippen molar-refractivity contribution in [3.63, 3.8) is 0 Å². The lowest BCUT2D eigenvalue weighted by Gasteiger charge is -2.12. The van der Waals surface area contributed by atoms with Crippen molar-refractivity contribution < 1.29 is 23.7 Å². The van der Waals surface area contributed by atoms with Gasteiger partial charge >= 0.3 is 0 Å². The van der Waals surface area contributed by atoms with Gasteiger partial charge in [-0.3, -0.25) is 0 Å². The third-order valence-electron chi connectivity index (χ3n) is 4.44. The van der Waals surface area contributed by atoms with E-state index in [1.807, 2.05) is 24.3 Å². The molecule has 0 saturated carbocycles. The average molecular weight is 360 g/mol. The first-order valence-corrected chi connectivity index (χ1v) is 9.12. The van der Waals surface area contributed by atoms with E-state index >= 15 is 0 Å². The smallest absolute Gasteiger partial charge is 0.157 e. The van der Waals surface area contributed by atoms with Crippen molar-refractivity contribution in [3.05, 3.63) is 53.8 Å². The molecule has 4 nitrogen and oxygen atoms in total. The third-order valence-corrected chi connectivity index (χ3v) is 4.44. The zero-order chi connectivity index (χ0) is 18.2. The number of benzene rings is 2. The predicted octanol–water partition coefficient (Wildman–Crippen LogP) is 4.30. The van der Waals surface area contributed by atoms with Crippen LogP contribution in [0.3, 0.4) is 0 Å². The molecule has 0 bridgehead atoms. The largest absolute Gasteiger partial charge is 0.494 e. The summed E-state index contributed by atoms with van der Waals surface area (Å²) in [5.74, 6) is 0.363. The van der Waals surface area contributed by atoms with Crippen LogP contribution >= 0.6 is 0 Å². The summed E-state index contributed by atoms with van der Waals surface area (Å²) >= 11 is 0. The first-order valence-electron chi connectivity index (χ1n) is 9.12. The van der Waals surface area contributed by atoms with Gasteiger partial charge in [-0.15, -0.1) is 0 Å². The number of halogens is 1. The summed E-state index contributed by atoms with van der Waals surface area (Å²) in [5.41, 5.74) is 1.70. The van der Waals surface area contributed by atoms with Gasteiger partial charge in [-0.1, -0.05) is 24.3 Å². The van der Waals surface area contributed by atoms with Crippen LogP contribution in [0, 0.1) is 5.82 Å². The van der Waals surface area contributed by atoms with Crippen LogP contribution in [-0.2, 0) is 16.1 Å². The van der Waals surface area contributed by atoms with Crippen molar-refractivity contribution in [2.45, 2.75) is 38.6 Å². The molecule has 0 atom stereocenters. The van der Waals surface area contributed by atoms with E-state index in [2.05, 4.69) is 0 Å². The molecule has 1 aliphatic rings. The third kappa shape index (κ3) is 5.04. The van der Waals surface area contributed by atoms with Gasteiger partial charge in [-0.05, 0) is 55.0 Å². The van der Waals surface area contributed by atoms with E-state index < -0.39 is 0 Å². The molecule has 0 aliphatic carbocycles. The molecule has 1 heterocycles. The summed E-state index contributed by atoms with van der Waals surface area (Å²) in [6, 6.07) is 12.1. The highest BCUT2D eigenvalue weighted by Crippen LogP contribution is 2.29. The first kappa shape index (κ1) is 18.8. The average Bonchev–Trinajstić information content (AvgIpc) is 3.18. The Hall–Kier alpha value is -1.95. The second kappa shape index (κ2) is 9.67. The highest BCUT2D eigenvalue weighted by Gasteiger charge is 2.14. The molecule has 5 heteroatoms. The maximum atomic E-state index is 14.2. The van der Waals surface area contributed by atoms with Crippen molar-refractivity contribution in [3.8, 4) is 16.9 Å². The van der Waals surface area contributed by atoms with Gasteiger partial charge in [-0.25, -0.2) is 4.39 Å². The molecule has 3 rings (SSSR count). The molecule has 2 aromatic carbocycles. The number of hydrogen-bond acceptors (Lipinski definition) is 4. The van der Waals surface area contributed by atoms with E-state index in [0.29, 0.717) is 42.3 Å². The fraction of sp³-hybridized carbons (Fsp3) is 0.429. The van der Waals surface area contributed by atoms with Crippen LogP contribution in [0.4, 0.5) is 4.39 Å². The van der Waals surface area contributed by atoms with Gasteiger partial charge in [0.15, 0.2) is 6.29 Å². The summed E-state index contributed by atoms with van der Waals surface area (Å²) in [6.45, 7) is 1.81. The summed E-state index contributed by atoms with van der Waals surface area (Å²) < 4.78 is 30.8. The van der Waals surface area contributed by atoms with Crippen LogP contribution < -0.4 is 4.74 Å². The fourth-order valence-electron chi connectivity index (χ4n) is 3.12. The minimum absolute atomic E-state index is 0.0333. The molecule has 26 heavy (non-hydrogen) atoms. The van der Waals surface area contributed by atoms with E-state index in [1.54, 1.807) is 12.1 Å². The Morgan fingerprint density at radius 2 is 1.85 bits per heavy atom. The Bertz CT molecular complexity index is 698. The standard InChI is InChI=1S/C21H25FO4/c22-19-9-5-7-17(15-23)21(19)16-6-4-8-18(14-16)24-11-3-1-2-10-20-25-12-13-26-20/h4-9,14,20,23H,1-3,10-13,15H2. The molecule has 0 radical (unpaired) electrons. The SMILES string of the molecule is OCc1cccc(F)c1-c1cccc(OCCCCCC2OCCO2)c1. The van der Waals surface area contributed by atoms with E-state index in [0.717, 1.165) is 25.7 Å². The lowest BCUT2D eigenvalue weighted by molar-refractivity contribution is -0.0480. The molecular formula is C21H25FO4. The van der Waals surface area contributed by atoms with Gasteiger partial charge in [-0.2, -0.15) is 0 Å². The number of aliphatic hydroxyl groups excluding tert-OH is 1. The van der Waals surface area contributed by atoms with Crippen molar-refractivity contribution in [1.29, 1.82) is 0 Å². The maximum absolute atomic E-state index is 14.2. The first-order chi connectivity index (χ1) is 12.8. The number of unbranched alkanes of at least 4 members (excludes halogenated alkanes) is 2. The Morgan fingerprint density at radius 1 is 1.04 bits per heavy atom. The zero-order valence-electron chi connectivity index (χ0n) is 14.8. The van der Waals surface area contributed by atoms with Gasteiger partial charge in [0, 0.05) is 5.56 Å². The molecule has 1 N–H and O–H groups in total. The van der Waals surface area contributed by atoms with E-state index in [4.69, 9.17) is 14.2 Å². The Kier molecular flexibility index (Phi) is 7.00. The van der Waals surface area contributed by atoms with Crippen LogP contribution in [0.2, 0.25) is 0 Å². The quantitative estimate of drug-likeness (QED) is 0.678. The Morgan fingerprint density at radius 3 is 2.65 bits per heavy atom. The second-order valence-corrected chi connectivity index (χ2v) is 6.33. The molecule has 1 aliphatic heterocycles. The monoisotopic (exact) mass is 360 g/mol. The van der Waals surface area contributed by atoms with Crippen LogP contribution in [-0.4, -0.2) is 31.2 Å². The van der Waals surface area contributed by atoms with Crippen molar-refractivity contribution in [2.75, 3.05) is 19.8 Å². The zero-order valence-corrected chi connectivity index (χ0v) is 14.8. The van der Waals surface area contributed by atoms with Gasteiger partial charge in [0.2, 0.25) is 0 Å². The molecule has 2 aromatic rings. The summed E-state index contributed by atoms with van der Waals surface area (Å²) in [4.78, 5) is 0. The highest BCUT2D eigenvalue weighted by molar-refractivity contribution is 5.69. The van der Waals surface area contributed by atoms with E-state index in [1.165, 1.54) is 6.07 Å². The molecular weight excluding hydrogens is 335 g/mol. The van der Waals surface area contributed by atoms with Crippen LogP contribution in [0.5, 0.6) is 5.75 Å². The number of rotatable bonds is 9. The van der Waals surface area contributed by atoms with Crippen molar-refractivity contribution in [1.82, 2.24) is 0 Å². The normalized spacial score (nSPS) is 14.7. The van der Waals surface area contributed by atoms with Crippen LogP contribution in [0.1, 0.15) is 31.2 Å². The molecule has 140 valence electrons. The molecule has 1 saturated heterocycles. The Balaban J connectivity index is 1.50. The van der Waals surface area contributed by atoms with E-state index in [9.17, 15) is 9.50 Å². The molecule has 0 spiro atoms. The second-order valence-electron chi connectivity index (χ2n) is 6.33. The van der Waals surface area contributed by atoms with Crippen LogP contribution in [0.25, 0.3) is 11.1 Å². The van der Waals surface area contributed by atoms with Crippen molar-refractivity contribution in [2.24, 2.45) is 0 Å². The number of hydrogen-bond donors (Lipinski definition) is 1. The fourth-order valence-corrected chi connectivity index (χ4v) is 3.12. The predicted molar refractivity (Wildman–Crippen MR) is 97.4 cm³/mol. The van der Waals surface area contributed by atoms with Crippen molar-refractivity contribution >= 4 is 0 Å². The van der Waals surface area contributed by atoms with Gasteiger partial charge in [0.25, 0.3) is 0 Å². The van der Waals surface area contributed by atoms with Gasteiger partial charge in [0.05, 0.1) is 26.4 Å². The lowest BCUT2D eigenvalue weighted by atomic mass is 9.99. The minimum Gasteiger partial charge on any atom is -0.494 e. The molecule has 0 unspecified atom stereocenters. The number of ether oxygens (including phenoxy) is 3. The summed E-state index contributed by atoms with van der Waals surface area (Å²) in [6.07, 6.45) is 3.92. The summed E-state index contributed by atoms with van der Waals surface area (Å²) in [5, 5.41) is 9.46. The minimum atomic E-state index is -0.343. The highest BCUT2D eigenvalue weighted by atomic mass is 19.1. The molecule has 0 aromatic heterocycles. The lowest BCUT2D eigenvalue weighted by Crippen LogP contribution is -2.07. The van der Waals surface area contributed by atoms with Gasteiger partial charge in [0.1, 0.15) is 11.6 Å². The Labute approximate surface area is 153 Å². The topological polar surface area (TPSA) is 47.9 Å². The van der Waals surface area contributed by atoms with Gasteiger partial charge < -0.3 is 19.3 Å².